The van der Waals surface area contributed by atoms with Gasteiger partial charge in [-0.25, -0.2) is 4.98 Å². The Balaban J connectivity index is 1.80. The molecule has 0 aliphatic heterocycles. The Morgan fingerprint density at radius 1 is 1.44 bits per heavy atom. The summed E-state index contributed by atoms with van der Waals surface area (Å²) in [6.45, 7) is 4.42. The minimum Gasteiger partial charge on any atom is -0.337 e. The molecule has 1 aliphatic carbocycles. The Labute approximate surface area is 163 Å². The molecular weight excluding hydrogens is 360 g/mol. The van der Waals surface area contributed by atoms with Gasteiger partial charge in [-0.15, -0.1) is 0 Å². The number of carbonyl (C=O) groups is 1. The average molecular weight is 385 g/mol. The Morgan fingerprint density at radius 2 is 2.19 bits per heavy atom. The SMILES string of the molecule is CCCCn1c(SCC(=O)N[C@@](C)(C#N)C2CC2)nc2ccccc2c1=O. The molecule has 1 N–H and O–H groups in total. The summed E-state index contributed by atoms with van der Waals surface area (Å²) in [5.41, 5.74) is -0.245. The molecule has 1 aromatic carbocycles. The zero-order valence-electron chi connectivity index (χ0n) is 15.7. The van der Waals surface area contributed by atoms with Gasteiger partial charge in [0.15, 0.2) is 5.16 Å². The lowest BCUT2D eigenvalue weighted by Crippen LogP contribution is -2.47. The van der Waals surface area contributed by atoms with Crippen LogP contribution < -0.4 is 10.9 Å². The van der Waals surface area contributed by atoms with Crippen LogP contribution in [0.5, 0.6) is 0 Å². The Kier molecular flexibility index (Phi) is 5.85. The van der Waals surface area contributed by atoms with E-state index >= 15 is 0 Å². The third kappa shape index (κ3) is 4.33. The lowest BCUT2D eigenvalue weighted by atomic mass is 9.98. The highest BCUT2D eigenvalue weighted by Gasteiger charge is 2.42. The summed E-state index contributed by atoms with van der Waals surface area (Å²) < 4.78 is 1.66. The number of benzene rings is 1. The molecule has 0 saturated heterocycles. The van der Waals surface area contributed by atoms with Crippen LogP contribution in [0.15, 0.2) is 34.2 Å². The lowest BCUT2D eigenvalue weighted by Gasteiger charge is -2.22. The molecule has 0 unspecified atom stereocenters. The summed E-state index contributed by atoms with van der Waals surface area (Å²) >= 11 is 1.25. The van der Waals surface area contributed by atoms with E-state index in [-0.39, 0.29) is 23.1 Å². The quantitative estimate of drug-likeness (QED) is 0.558. The molecule has 1 saturated carbocycles. The molecule has 1 atom stereocenters. The maximum atomic E-state index is 12.8. The maximum absolute atomic E-state index is 12.8. The number of fused-ring (bicyclic) bond motifs is 1. The number of nitriles is 1. The summed E-state index contributed by atoms with van der Waals surface area (Å²) in [7, 11) is 0. The van der Waals surface area contributed by atoms with E-state index in [4.69, 9.17) is 0 Å². The smallest absolute Gasteiger partial charge is 0.262 e. The van der Waals surface area contributed by atoms with E-state index in [2.05, 4.69) is 23.3 Å². The molecule has 0 spiro atoms. The first-order chi connectivity index (χ1) is 13.0. The summed E-state index contributed by atoms with van der Waals surface area (Å²) in [6.07, 6.45) is 3.78. The molecule has 1 amide bonds. The van der Waals surface area contributed by atoms with Crippen molar-refractivity contribution in [1.29, 1.82) is 5.26 Å². The second-order valence-corrected chi connectivity index (χ2v) is 8.09. The van der Waals surface area contributed by atoms with Crippen molar-refractivity contribution in [2.75, 3.05) is 5.75 Å². The highest BCUT2D eigenvalue weighted by molar-refractivity contribution is 7.99. The van der Waals surface area contributed by atoms with Crippen molar-refractivity contribution in [3.05, 3.63) is 34.6 Å². The predicted molar refractivity (Wildman–Crippen MR) is 107 cm³/mol. The highest BCUT2D eigenvalue weighted by Crippen LogP contribution is 2.39. The van der Waals surface area contributed by atoms with E-state index in [9.17, 15) is 14.9 Å². The molecule has 1 heterocycles. The van der Waals surface area contributed by atoms with Crippen LogP contribution >= 0.6 is 11.8 Å². The summed E-state index contributed by atoms with van der Waals surface area (Å²) in [6, 6.07) is 9.50. The largest absolute Gasteiger partial charge is 0.337 e. The van der Waals surface area contributed by atoms with Gasteiger partial charge in [-0.2, -0.15) is 5.26 Å². The first kappa shape index (κ1) is 19.4. The number of aromatic nitrogens is 2. The van der Waals surface area contributed by atoms with Crippen molar-refractivity contribution in [3.8, 4) is 6.07 Å². The minimum absolute atomic E-state index is 0.0724. The van der Waals surface area contributed by atoms with Crippen molar-refractivity contribution in [2.24, 2.45) is 5.92 Å². The van der Waals surface area contributed by atoms with E-state index in [1.54, 1.807) is 17.6 Å². The van der Waals surface area contributed by atoms with Gasteiger partial charge in [0.25, 0.3) is 5.56 Å². The molecule has 142 valence electrons. The van der Waals surface area contributed by atoms with Gasteiger partial charge in [-0.1, -0.05) is 37.2 Å². The first-order valence-corrected chi connectivity index (χ1v) is 10.3. The molecule has 2 aromatic rings. The van der Waals surface area contributed by atoms with Crippen LogP contribution in [0.3, 0.4) is 0 Å². The summed E-state index contributed by atoms with van der Waals surface area (Å²) in [4.78, 5) is 29.8. The number of amides is 1. The number of hydrogen-bond acceptors (Lipinski definition) is 5. The second-order valence-electron chi connectivity index (χ2n) is 7.15. The van der Waals surface area contributed by atoms with Crippen LogP contribution in [-0.2, 0) is 11.3 Å². The molecular formula is C20H24N4O2S. The number of hydrogen-bond donors (Lipinski definition) is 1. The maximum Gasteiger partial charge on any atom is 0.262 e. The second kappa shape index (κ2) is 8.13. The molecule has 0 radical (unpaired) electrons. The summed E-state index contributed by atoms with van der Waals surface area (Å²) in [5.74, 6) is 0.152. The molecule has 3 rings (SSSR count). The van der Waals surface area contributed by atoms with Crippen molar-refractivity contribution < 1.29 is 4.79 Å². The van der Waals surface area contributed by atoms with Crippen LogP contribution in [0.4, 0.5) is 0 Å². The van der Waals surface area contributed by atoms with E-state index in [0.717, 1.165) is 25.7 Å². The van der Waals surface area contributed by atoms with Gasteiger partial charge in [-0.05, 0) is 44.2 Å². The van der Waals surface area contributed by atoms with Gasteiger partial charge in [0, 0.05) is 6.54 Å². The number of carbonyl (C=O) groups excluding carboxylic acids is 1. The van der Waals surface area contributed by atoms with E-state index in [0.29, 0.717) is 22.6 Å². The highest BCUT2D eigenvalue weighted by atomic mass is 32.2. The fourth-order valence-electron chi connectivity index (χ4n) is 3.11. The lowest BCUT2D eigenvalue weighted by molar-refractivity contribution is -0.119. The van der Waals surface area contributed by atoms with Gasteiger partial charge in [-0.3, -0.25) is 14.2 Å². The number of rotatable bonds is 8. The number of para-hydroxylation sites is 1. The van der Waals surface area contributed by atoms with Gasteiger partial charge in [0.05, 0.1) is 22.7 Å². The molecule has 1 aromatic heterocycles. The molecule has 27 heavy (non-hydrogen) atoms. The molecule has 0 bridgehead atoms. The molecule has 6 nitrogen and oxygen atoms in total. The van der Waals surface area contributed by atoms with Crippen LogP contribution in [0.25, 0.3) is 10.9 Å². The number of unbranched alkanes of at least 4 members (excludes halogenated alkanes) is 1. The third-order valence-electron chi connectivity index (χ3n) is 4.92. The number of nitrogens with one attached hydrogen (secondary N) is 1. The average Bonchev–Trinajstić information content (AvgIpc) is 3.51. The van der Waals surface area contributed by atoms with Gasteiger partial charge >= 0.3 is 0 Å². The van der Waals surface area contributed by atoms with Gasteiger partial charge in [0.2, 0.25) is 5.91 Å². The Morgan fingerprint density at radius 3 is 2.85 bits per heavy atom. The van der Waals surface area contributed by atoms with E-state index in [1.165, 1.54) is 11.8 Å². The summed E-state index contributed by atoms with van der Waals surface area (Å²) in [5, 5.41) is 13.4. The van der Waals surface area contributed by atoms with Crippen LogP contribution in [-0.4, -0.2) is 26.8 Å². The van der Waals surface area contributed by atoms with Crippen molar-refractivity contribution in [1.82, 2.24) is 14.9 Å². The fourth-order valence-corrected chi connectivity index (χ4v) is 3.93. The first-order valence-electron chi connectivity index (χ1n) is 9.33. The standard InChI is InChI=1S/C20H24N4O2S/c1-3-4-11-24-18(26)15-7-5-6-8-16(15)22-19(24)27-12-17(25)23-20(2,13-21)14-9-10-14/h5-8,14H,3-4,9-12H2,1-2H3,(H,23,25)/t20-/m0/s1. The van der Waals surface area contributed by atoms with E-state index < -0.39 is 5.54 Å². The topological polar surface area (TPSA) is 87.8 Å². The van der Waals surface area contributed by atoms with Crippen molar-refractivity contribution in [3.63, 3.8) is 0 Å². The van der Waals surface area contributed by atoms with Crippen LogP contribution in [0.2, 0.25) is 0 Å². The Bertz CT molecular complexity index is 945. The monoisotopic (exact) mass is 384 g/mol. The van der Waals surface area contributed by atoms with Gasteiger partial charge < -0.3 is 5.32 Å². The predicted octanol–water partition coefficient (Wildman–Crippen LogP) is 3.10. The number of nitrogens with zero attached hydrogens (tertiary/aromatic N) is 3. The number of thioether (sulfide) groups is 1. The van der Waals surface area contributed by atoms with Crippen LogP contribution in [0.1, 0.15) is 39.5 Å². The van der Waals surface area contributed by atoms with Crippen LogP contribution in [0, 0.1) is 17.2 Å². The zero-order chi connectivity index (χ0) is 19.4. The van der Waals surface area contributed by atoms with Crippen molar-refractivity contribution >= 4 is 28.6 Å². The van der Waals surface area contributed by atoms with Crippen molar-refractivity contribution in [2.45, 2.75) is 56.8 Å². The molecule has 7 heteroatoms. The third-order valence-corrected chi connectivity index (χ3v) is 5.90. The Hall–Kier alpha value is -2.33. The van der Waals surface area contributed by atoms with E-state index in [1.807, 2.05) is 18.2 Å². The fraction of sp³-hybridized carbons (Fsp3) is 0.500. The van der Waals surface area contributed by atoms with Gasteiger partial charge in [0.1, 0.15) is 5.54 Å². The molecule has 1 fully saturated rings. The minimum atomic E-state index is -0.809. The normalized spacial score (nSPS) is 15.9. The molecule has 1 aliphatic rings. The zero-order valence-corrected chi connectivity index (χ0v) is 16.5.